The van der Waals surface area contributed by atoms with Gasteiger partial charge >= 0.3 is 0 Å². The number of hydrogen-bond donors (Lipinski definition) is 1. The molecule has 118 valence electrons. The molecule has 2 heterocycles. The van der Waals surface area contributed by atoms with Gasteiger partial charge in [0.25, 0.3) is 0 Å². The summed E-state index contributed by atoms with van der Waals surface area (Å²) in [5.74, 6) is 1.14. The number of hydrogen-bond acceptors (Lipinski definition) is 3. The van der Waals surface area contributed by atoms with Crippen molar-refractivity contribution < 1.29 is 0 Å². The first-order valence-corrected chi connectivity index (χ1v) is 8.58. The van der Waals surface area contributed by atoms with Crippen LogP contribution in [0.4, 0.5) is 5.82 Å². The minimum atomic E-state index is 0.380. The Hall–Kier alpha value is -1.09. The van der Waals surface area contributed by atoms with E-state index in [4.69, 9.17) is 4.98 Å². The van der Waals surface area contributed by atoms with Crippen molar-refractivity contribution in [2.75, 3.05) is 24.5 Å². The molecular formula is C18H31N3. The van der Waals surface area contributed by atoms with E-state index in [0.29, 0.717) is 11.5 Å². The van der Waals surface area contributed by atoms with Gasteiger partial charge in [-0.1, -0.05) is 39.7 Å². The minimum absolute atomic E-state index is 0.380. The Kier molecular flexibility index (Phi) is 5.63. The van der Waals surface area contributed by atoms with Crippen molar-refractivity contribution in [1.82, 2.24) is 10.3 Å². The van der Waals surface area contributed by atoms with Gasteiger partial charge in [-0.05, 0) is 43.4 Å². The molecule has 1 fully saturated rings. The van der Waals surface area contributed by atoms with Gasteiger partial charge in [-0.25, -0.2) is 4.98 Å². The van der Waals surface area contributed by atoms with E-state index in [1.54, 1.807) is 0 Å². The van der Waals surface area contributed by atoms with Crippen LogP contribution >= 0.6 is 0 Å². The van der Waals surface area contributed by atoms with Gasteiger partial charge < -0.3 is 10.2 Å². The number of pyridine rings is 1. The first-order chi connectivity index (χ1) is 10.1. The zero-order valence-corrected chi connectivity index (χ0v) is 14.2. The molecule has 3 heteroatoms. The third-order valence-corrected chi connectivity index (χ3v) is 5.43. The maximum atomic E-state index is 4.69. The lowest BCUT2D eigenvalue weighted by Crippen LogP contribution is -2.40. The number of aromatic nitrogens is 1. The van der Waals surface area contributed by atoms with E-state index in [1.165, 1.54) is 31.2 Å². The molecule has 0 spiro atoms. The topological polar surface area (TPSA) is 28.2 Å². The van der Waals surface area contributed by atoms with Crippen molar-refractivity contribution in [3.63, 3.8) is 0 Å². The van der Waals surface area contributed by atoms with E-state index in [0.717, 1.165) is 25.5 Å². The van der Waals surface area contributed by atoms with Crippen molar-refractivity contribution in [2.24, 2.45) is 5.41 Å². The van der Waals surface area contributed by atoms with Gasteiger partial charge in [0.2, 0.25) is 0 Å². The highest BCUT2D eigenvalue weighted by atomic mass is 15.2. The molecule has 1 aliphatic heterocycles. The molecule has 1 saturated heterocycles. The summed E-state index contributed by atoms with van der Waals surface area (Å²) in [6, 6.07) is 4.79. The molecule has 1 N–H and O–H groups in total. The van der Waals surface area contributed by atoms with Gasteiger partial charge in [0.15, 0.2) is 0 Å². The zero-order chi connectivity index (χ0) is 15.3. The summed E-state index contributed by atoms with van der Waals surface area (Å²) in [7, 11) is 0. The normalized spacial score (nSPS) is 19.5. The monoisotopic (exact) mass is 289 g/mol. The largest absolute Gasteiger partial charge is 0.357 e. The fraction of sp³-hybridized carbons (Fsp3) is 0.722. The van der Waals surface area contributed by atoms with Crippen molar-refractivity contribution >= 4 is 5.82 Å². The number of nitrogens with zero attached hydrogens (tertiary/aromatic N) is 2. The SMILES string of the molecule is CCNC(C)c1ccc(N2CCC(CC)(CC)CC2)nc1. The molecule has 1 unspecified atom stereocenters. The second-order valence-electron chi connectivity index (χ2n) is 6.42. The van der Waals surface area contributed by atoms with Crippen LogP contribution < -0.4 is 10.2 Å². The third-order valence-electron chi connectivity index (χ3n) is 5.43. The lowest BCUT2D eigenvalue weighted by Gasteiger charge is -2.41. The smallest absolute Gasteiger partial charge is 0.128 e. The van der Waals surface area contributed by atoms with Crippen LogP contribution in [0.15, 0.2) is 18.3 Å². The summed E-state index contributed by atoms with van der Waals surface area (Å²) >= 11 is 0. The Morgan fingerprint density at radius 2 is 1.86 bits per heavy atom. The van der Waals surface area contributed by atoms with E-state index in [-0.39, 0.29) is 0 Å². The Labute approximate surface area is 130 Å². The Balaban J connectivity index is 1.98. The van der Waals surface area contributed by atoms with Gasteiger partial charge in [0, 0.05) is 25.3 Å². The molecule has 0 aliphatic carbocycles. The lowest BCUT2D eigenvalue weighted by molar-refractivity contribution is 0.199. The fourth-order valence-electron chi connectivity index (χ4n) is 3.43. The lowest BCUT2D eigenvalue weighted by atomic mass is 9.74. The summed E-state index contributed by atoms with van der Waals surface area (Å²) in [5, 5.41) is 3.43. The first-order valence-electron chi connectivity index (χ1n) is 8.58. The van der Waals surface area contributed by atoms with Crippen LogP contribution in [0, 0.1) is 5.41 Å². The number of anilines is 1. The average molecular weight is 289 g/mol. The Morgan fingerprint density at radius 1 is 1.19 bits per heavy atom. The van der Waals surface area contributed by atoms with Gasteiger partial charge in [0.1, 0.15) is 5.82 Å². The van der Waals surface area contributed by atoms with Crippen LogP contribution in [0.5, 0.6) is 0 Å². The van der Waals surface area contributed by atoms with E-state index in [9.17, 15) is 0 Å². The molecule has 21 heavy (non-hydrogen) atoms. The second-order valence-corrected chi connectivity index (χ2v) is 6.42. The van der Waals surface area contributed by atoms with Crippen LogP contribution in [-0.2, 0) is 0 Å². The molecule has 0 saturated carbocycles. The van der Waals surface area contributed by atoms with Crippen LogP contribution in [-0.4, -0.2) is 24.6 Å². The number of nitrogens with one attached hydrogen (secondary N) is 1. The van der Waals surface area contributed by atoms with Crippen LogP contribution in [0.25, 0.3) is 0 Å². The van der Waals surface area contributed by atoms with E-state index in [2.05, 4.69) is 50.0 Å². The van der Waals surface area contributed by atoms with E-state index in [1.807, 2.05) is 6.20 Å². The molecule has 0 bridgehead atoms. The van der Waals surface area contributed by atoms with Crippen LogP contribution in [0.2, 0.25) is 0 Å². The molecule has 0 radical (unpaired) electrons. The fourth-order valence-corrected chi connectivity index (χ4v) is 3.43. The highest BCUT2D eigenvalue weighted by Crippen LogP contribution is 2.38. The predicted octanol–water partition coefficient (Wildman–Crippen LogP) is 4.16. The highest BCUT2D eigenvalue weighted by Gasteiger charge is 2.31. The molecule has 1 aromatic heterocycles. The van der Waals surface area contributed by atoms with Crippen molar-refractivity contribution in [3.8, 4) is 0 Å². The average Bonchev–Trinajstić information content (AvgIpc) is 2.55. The summed E-state index contributed by atoms with van der Waals surface area (Å²) in [6.07, 6.45) is 7.26. The Morgan fingerprint density at radius 3 is 2.33 bits per heavy atom. The van der Waals surface area contributed by atoms with Crippen LogP contribution in [0.3, 0.4) is 0 Å². The second kappa shape index (κ2) is 7.26. The summed E-state index contributed by atoms with van der Waals surface area (Å²) < 4.78 is 0. The molecule has 0 aromatic carbocycles. The van der Waals surface area contributed by atoms with Crippen molar-refractivity contribution in [3.05, 3.63) is 23.9 Å². The molecule has 1 atom stereocenters. The van der Waals surface area contributed by atoms with Crippen molar-refractivity contribution in [1.29, 1.82) is 0 Å². The summed E-state index contributed by atoms with van der Waals surface area (Å²) in [6.45, 7) is 12.3. The molecule has 1 aromatic rings. The quantitative estimate of drug-likeness (QED) is 0.852. The van der Waals surface area contributed by atoms with Gasteiger partial charge in [-0.3, -0.25) is 0 Å². The van der Waals surface area contributed by atoms with Gasteiger partial charge in [0.05, 0.1) is 0 Å². The summed E-state index contributed by atoms with van der Waals surface area (Å²) in [5.41, 5.74) is 1.85. The van der Waals surface area contributed by atoms with Gasteiger partial charge in [-0.2, -0.15) is 0 Å². The van der Waals surface area contributed by atoms with Gasteiger partial charge in [-0.15, -0.1) is 0 Å². The zero-order valence-electron chi connectivity index (χ0n) is 14.2. The molecular weight excluding hydrogens is 258 g/mol. The molecule has 0 amide bonds. The van der Waals surface area contributed by atoms with E-state index < -0.39 is 0 Å². The summed E-state index contributed by atoms with van der Waals surface area (Å²) in [4.78, 5) is 7.14. The third kappa shape index (κ3) is 3.76. The van der Waals surface area contributed by atoms with Crippen molar-refractivity contribution in [2.45, 2.75) is 59.4 Å². The number of piperidine rings is 1. The molecule has 1 aliphatic rings. The van der Waals surface area contributed by atoms with Crippen LogP contribution in [0.1, 0.15) is 65.0 Å². The molecule has 2 rings (SSSR count). The first kappa shape index (κ1) is 16.3. The number of rotatable bonds is 6. The standard InChI is InChI=1S/C18H31N3/c1-5-18(6-2)10-12-21(13-11-18)17-9-8-16(14-20-17)15(4)19-7-3/h8-9,14-15,19H,5-7,10-13H2,1-4H3. The van der Waals surface area contributed by atoms with E-state index >= 15 is 0 Å². The highest BCUT2D eigenvalue weighted by molar-refractivity contribution is 5.40. The molecule has 3 nitrogen and oxygen atoms in total. The minimum Gasteiger partial charge on any atom is -0.357 e. The maximum absolute atomic E-state index is 4.69. The predicted molar refractivity (Wildman–Crippen MR) is 90.8 cm³/mol. The Bertz CT molecular complexity index is 413. The maximum Gasteiger partial charge on any atom is 0.128 e.